The molecule has 1 heterocycles. The van der Waals surface area contributed by atoms with E-state index in [1.165, 1.54) is 24.1 Å². The zero-order valence-corrected chi connectivity index (χ0v) is 20.5. The molecule has 0 bridgehead atoms. The molecular weight excluding hydrogens is 413 g/mol. The van der Waals surface area contributed by atoms with Crippen LogP contribution in [0.3, 0.4) is 0 Å². The number of carbonyl (C=O) groups is 1. The lowest BCUT2D eigenvalue weighted by atomic mass is 9.64. The Hall–Kier alpha value is -2.20. The van der Waals surface area contributed by atoms with Crippen molar-refractivity contribution in [2.45, 2.75) is 63.9 Å². The summed E-state index contributed by atoms with van der Waals surface area (Å²) in [6.07, 6.45) is 3.93. The molecule has 2 aromatic rings. The van der Waals surface area contributed by atoms with Crippen LogP contribution in [0.4, 0.5) is 4.39 Å². The van der Waals surface area contributed by atoms with Crippen LogP contribution in [-0.4, -0.2) is 37.1 Å². The lowest BCUT2D eigenvalue weighted by molar-refractivity contribution is -0.164. The van der Waals surface area contributed by atoms with Crippen LogP contribution < -0.4 is 0 Å². The minimum atomic E-state index is -0.243. The molecular formula is C29H38FNO2. The summed E-state index contributed by atoms with van der Waals surface area (Å²) >= 11 is 0. The maximum atomic E-state index is 13.7. The van der Waals surface area contributed by atoms with Gasteiger partial charge in [0.15, 0.2) is 0 Å². The van der Waals surface area contributed by atoms with Gasteiger partial charge in [-0.3, -0.25) is 4.79 Å². The van der Waals surface area contributed by atoms with Crippen molar-refractivity contribution in [2.75, 3.05) is 20.1 Å². The first-order valence-electron chi connectivity index (χ1n) is 12.5. The van der Waals surface area contributed by atoms with E-state index in [4.69, 9.17) is 4.74 Å². The fourth-order valence-corrected chi connectivity index (χ4v) is 6.07. The number of nitrogens with zero attached hydrogens (tertiary/aromatic N) is 1. The van der Waals surface area contributed by atoms with Crippen LogP contribution in [0, 0.1) is 23.6 Å². The van der Waals surface area contributed by atoms with Crippen LogP contribution in [0.5, 0.6) is 0 Å². The molecule has 3 nitrogen and oxygen atoms in total. The summed E-state index contributed by atoms with van der Waals surface area (Å²) in [6, 6.07) is 17.3. The van der Waals surface area contributed by atoms with Crippen molar-refractivity contribution < 1.29 is 13.9 Å². The summed E-state index contributed by atoms with van der Waals surface area (Å²) in [5.74, 6) is 0.331. The first-order chi connectivity index (χ1) is 15.8. The fourth-order valence-electron chi connectivity index (χ4n) is 6.07. The van der Waals surface area contributed by atoms with Gasteiger partial charge in [0.25, 0.3) is 0 Å². The average Bonchev–Trinajstić information content (AvgIpc) is 2.80. The molecule has 0 N–H and O–H groups in total. The molecule has 4 rings (SSSR count). The molecule has 0 radical (unpaired) electrons. The smallest absolute Gasteiger partial charge is 0.311 e. The molecule has 2 fully saturated rings. The molecule has 1 unspecified atom stereocenters. The highest BCUT2D eigenvalue weighted by Gasteiger charge is 2.44. The standard InChI is InChI=1S/C29H38FNO2/c1-20-10-15-26(29(2,3)22-8-6-5-7-9-22)27(18-20)33-28(32)25-19-31(4)17-16-24(25)21-11-13-23(30)14-12-21/h5-9,11-14,20,24-27H,10,15-19H2,1-4H3/t20-,24+,25?,26-,27-/m1/s1. The van der Waals surface area contributed by atoms with Crippen LogP contribution >= 0.6 is 0 Å². The lowest BCUT2D eigenvalue weighted by Gasteiger charge is -2.45. The Bertz CT molecular complexity index is 926. The lowest BCUT2D eigenvalue weighted by Crippen LogP contribution is -2.47. The number of hydrogen-bond acceptors (Lipinski definition) is 3. The van der Waals surface area contributed by atoms with Gasteiger partial charge in [-0.15, -0.1) is 0 Å². The summed E-state index contributed by atoms with van der Waals surface area (Å²) in [4.78, 5) is 15.9. The number of carbonyl (C=O) groups excluding carboxylic acids is 1. The monoisotopic (exact) mass is 451 g/mol. The topological polar surface area (TPSA) is 29.5 Å². The third kappa shape index (κ3) is 5.32. The van der Waals surface area contributed by atoms with E-state index in [1.807, 2.05) is 12.1 Å². The van der Waals surface area contributed by atoms with Gasteiger partial charge in [0.05, 0.1) is 5.92 Å². The third-order valence-corrected chi connectivity index (χ3v) is 8.18. The minimum Gasteiger partial charge on any atom is -0.462 e. The number of hydrogen-bond donors (Lipinski definition) is 0. The summed E-state index contributed by atoms with van der Waals surface area (Å²) in [7, 11) is 2.06. The predicted octanol–water partition coefficient (Wildman–Crippen LogP) is 6.19. The largest absolute Gasteiger partial charge is 0.462 e. The van der Waals surface area contributed by atoms with Crippen LogP contribution in [-0.2, 0) is 14.9 Å². The molecule has 5 atom stereocenters. The Balaban J connectivity index is 1.56. The van der Waals surface area contributed by atoms with Gasteiger partial charge >= 0.3 is 5.97 Å². The van der Waals surface area contributed by atoms with E-state index >= 15 is 0 Å². The van der Waals surface area contributed by atoms with Gasteiger partial charge in [0.2, 0.25) is 0 Å². The molecule has 178 valence electrons. The third-order valence-electron chi connectivity index (χ3n) is 8.18. The number of rotatable bonds is 5. The average molecular weight is 452 g/mol. The van der Waals surface area contributed by atoms with E-state index in [-0.39, 0.29) is 41.1 Å². The molecule has 0 spiro atoms. The number of ether oxygens (including phenoxy) is 1. The Morgan fingerprint density at radius 3 is 2.42 bits per heavy atom. The van der Waals surface area contributed by atoms with Crippen LogP contribution in [0.25, 0.3) is 0 Å². The van der Waals surface area contributed by atoms with Crippen LogP contribution in [0.1, 0.15) is 63.5 Å². The van der Waals surface area contributed by atoms with E-state index in [2.05, 4.69) is 63.1 Å². The zero-order chi connectivity index (χ0) is 23.6. The van der Waals surface area contributed by atoms with Crippen molar-refractivity contribution in [3.05, 3.63) is 71.5 Å². The Morgan fingerprint density at radius 2 is 1.73 bits per heavy atom. The number of benzene rings is 2. The summed E-state index contributed by atoms with van der Waals surface area (Å²) < 4.78 is 19.9. The number of piperidine rings is 1. The molecule has 2 aromatic carbocycles. The van der Waals surface area contributed by atoms with Crippen molar-refractivity contribution in [1.82, 2.24) is 4.90 Å². The van der Waals surface area contributed by atoms with E-state index in [0.717, 1.165) is 31.4 Å². The van der Waals surface area contributed by atoms with E-state index in [0.29, 0.717) is 12.5 Å². The summed E-state index contributed by atoms with van der Waals surface area (Å²) in [5.41, 5.74) is 2.25. The summed E-state index contributed by atoms with van der Waals surface area (Å²) in [6.45, 7) is 8.45. The molecule has 33 heavy (non-hydrogen) atoms. The maximum absolute atomic E-state index is 13.7. The number of likely N-dealkylation sites (tertiary alicyclic amines) is 1. The minimum absolute atomic E-state index is 0.0656. The van der Waals surface area contributed by atoms with Gasteiger partial charge in [-0.1, -0.05) is 69.7 Å². The van der Waals surface area contributed by atoms with E-state index in [9.17, 15) is 9.18 Å². The normalized spacial score (nSPS) is 28.9. The molecule has 0 amide bonds. The van der Waals surface area contributed by atoms with Gasteiger partial charge in [0.1, 0.15) is 11.9 Å². The summed E-state index contributed by atoms with van der Waals surface area (Å²) in [5, 5.41) is 0. The molecule has 2 aliphatic rings. The van der Waals surface area contributed by atoms with Crippen molar-refractivity contribution in [2.24, 2.45) is 17.8 Å². The molecule has 1 saturated carbocycles. The fraction of sp³-hybridized carbons (Fsp3) is 0.552. The highest BCUT2D eigenvalue weighted by Crippen LogP contribution is 2.44. The van der Waals surface area contributed by atoms with Gasteiger partial charge in [-0.25, -0.2) is 4.39 Å². The van der Waals surface area contributed by atoms with Crippen molar-refractivity contribution >= 4 is 5.97 Å². The molecule has 1 saturated heterocycles. The second-order valence-electron chi connectivity index (χ2n) is 10.9. The SMILES string of the molecule is C[C@@H]1CC[C@@H](C(C)(C)c2ccccc2)[C@H](OC(=O)C2CN(C)CC[C@H]2c2ccc(F)cc2)C1. The molecule has 4 heteroatoms. The van der Waals surface area contributed by atoms with Crippen LogP contribution in [0.2, 0.25) is 0 Å². The van der Waals surface area contributed by atoms with Crippen LogP contribution in [0.15, 0.2) is 54.6 Å². The quantitative estimate of drug-likeness (QED) is 0.508. The first-order valence-corrected chi connectivity index (χ1v) is 12.5. The van der Waals surface area contributed by atoms with Gasteiger partial charge in [0, 0.05) is 12.5 Å². The van der Waals surface area contributed by atoms with Gasteiger partial charge in [-0.2, -0.15) is 0 Å². The number of esters is 1. The highest BCUT2D eigenvalue weighted by molar-refractivity contribution is 5.74. The Kier molecular flexibility index (Phi) is 7.23. The van der Waals surface area contributed by atoms with Gasteiger partial charge in [-0.05, 0) is 73.4 Å². The zero-order valence-electron chi connectivity index (χ0n) is 20.5. The van der Waals surface area contributed by atoms with E-state index < -0.39 is 0 Å². The first kappa shape index (κ1) is 23.9. The highest BCUT2D eigenvalue weighted by atomic mass is 19.1. The van der Waals surface area contributed by atoms with Crippen molar-refractivity contribution in [1.29, 1.82) is 0 Å². The molecule has 1 aliphatic heterocycles. The van der Waals surface area contributed by atoms with E-state index in [1.54, 1.807) is 0 Å². The Morgan fingerprint density at radius 1 is 1.03 bits per heavy atom. The number of halogens is 1. The Labute approximate surface area is 198 Å². The second-order valence-corrected chi connectivity index (χ2v) is 10.9. The van der Waals surface area contributed by atoms with Crippen molar-refractivity contribution in [3.63, 3.8) is 0 Å². The second kappa shape index (κ2) is 9.97. The van der Waals surface area contributed by atoms with Crippen molar-refractivity contribution in [3.8, 4) is 0 Å². The van der Waals surface area contributed by atoms with Gasteiger partial charge < -0.3 is 9.64 Å². The molecule has 0 aromatic heterocycles. The maximum Gasteiger partial charge on any atom is 0.311 e. The molecule has 1 aliphatic carbocycles. The predicted molar refractivity (Wildman–Crippen MR) is 131 cm³/mol.